The van der Waals surface area contributed by atoms with Crippen molar-refractivity contribution in [3.05, 3.63) is 0 Å². The number of phosphoric ester groups is 1. The van der Waals surface area contributed by atoms with Gasteiger partial charge in [-0.1, -0.05) is 77.6 Å². The van der Waals surface area contributed by atoms with Gasteiger partial charge in [0.05, 0.1) is 27.7 Å². The number of carbonyl (C=O) groups is 1. The lowest BCUT2D eigenvalue weighted by Gasteiger charge is -2.24. The van der Waals surface area contributed by atoms with Gasteiger partial charge in [0, 0.05) is 12.7 Å². The summed E-state index contributed by atoms with van der Waals surface area (Å²) in [6.07, 6.45) is 15.3. The lowest BCUT2D eigenvalue weighted by atomic mass is 10.1. The molecule has 7 nitrogen and oxygen atoms in total. The standard InChI is InChI=1S/C24H50NO6PS/c1-6-7-8-9-10-11-12-13-14-15-16-17-20-33-22-24(31-23(2)26)21-30-32(27,28)29-19-18-25(3,4)5/h24H,6-22H2,1-5H3/p+1. The first-order valence-corrected chi connectivity index (χ1v) is 15.4. The highest BCUT2D eigenvalue weighted by molar-refractivity contribution is 7.99. The molecule has 0 aromatic heterocycles. The number of rotatable bonds is 23. The molecule has 33 heavy (non-hydrogen) atoms. The van der Waals surface area contributed by atoms with Crippen LogP contribution in [0.15, 0.2) is 0 Å². The Morgan fingerprint density at radius 3 is 1.91 bits per heavy atom. The molecule has 0 aromatic carbocycles. The molecule has 2 unspecified atom stereocenters. The molecule has 0 rings (SSSR count). The van der Waals surface area contributed by atoms with Gasteiger partial charge >= 0.3 is 13.8 Å². The zero-order valence-corrected chi connectivity index (χ0v) is 23.6. The van der Waals surface area contributed by atoms with E-state index in [2.05, 4.69) is 6.92 Å². The number of ether oxygens (including phenoxy) is 1. The molecule has 0 aliphatic carbocycles. The van der Waals surface area contributed by atoms with Gasteiger partial charge in [-0.25, -0.2) is 4.57 Å². The van der Waals surface area contributed by atoms with Crippen molar-refractivity contribution in [2.45, 2.75) is 97.0 Å². The van der Waals surface area contributed by atoms with Gasteiger partial charge < -0.3 is 14.1 Å². The topological polar surface area (TPSA) is 82.1 Å². The van der Waals surface area contributed by atoms with Gasteiger partial charge in [-0.15, -0.1) is 0 Å². The molecule has 0 aliphatic heterocycles. The van der Waals surface area contributed by atoms with E-state index in [9.17, 15) is 14.3 Å². The number of hydrogen-bond donors (Lipinski definition) is 1. The van der Waals surface area contributed by atoms with Crippen LogP contribution in [-0.2, 0) is 23.1 Å². The smallest absolute Gasteiger partial charge is 0.459 e. The fourth-order valence-corrected chi connectivity index (χ4v) is 5.00. The number of thioether (sulfide) groups is 1. The van der Waals surface area contributed by atoms with E-state index in [-0.39, 0.29) is 13.2 Å². The summed E-state index contributed by atoms with van der Waals surface area (Å²) >= 11 is 1.68. The highest BCUT2D eigenvalue weighted by Crippen LogP contribution is 2.43. The largest absolute Gasteiger partial charge is 0.472 e. The average Bonchev–Trinajstić information content (AvgIpc) is 2.70. The molecule has 0 saturated carbocycles. The first kappa shape index (κ1) is 32.9. The molecule has 0 aliphatic rings. The van der Waals surface area contributed by atoms with Gasteiger partial charge in [0.1, 0.15) is 19.3 Å². The maximum atomic E-state index is 12.0. The predicted molar refractivity (Wildman–Crippen MR) is 139 cm³/mol. The summed E-state index contributed by atoms with van der Waals surface area (Å²) in [6.45, 7) is 4.13. The molecule has 0 heterocycles. The van der Waals surface area contributed by atoms with E-state index in [1.807, 2.05) is 21.1 Å². The number of unbranched alkanes of at least 4 members (excludes halogenated alkanes) is 11. The maximum absolute atomic E-state index is 12.0. The van der Waals surface area contributed by atoms with Gasteiger partial charge in [-0.2, -0.15) is 11.8 Å². The number of nitrogens with zero attached hydrogens (tertiary/aromatic N) is 1. The second-order valence-electron chi connectivity index (χ2n) is 9.81. The van der Waals surface area contributed by atoms with Crippen molar-refractivity contribution in [2.24, 2.45) is 0 Å². The molecule has 0 fully saturated rings. The van der Waals surface area contributed by atoms with E-state index in [0.717, 1.165) is 12.2 Å². The third-order valence-corrected chi connectivity index (χ3v) is 7.39. The summed E-state index contributed by atoms with van der Waals surface area (Å²) in [4.78, 5) is 21.2. The molecule has 0 amide bonds. The minimum atomic E-state index is -4.16. The first-order chi connectivity index (χ1) is 15.6. The fourth-order valence-electron chi connectivity index (χ4n) is 3.26. The Kier molecular flexibility index (Phi) is 20.1. The number of likely N-dealkylation sites (N-methyl/N-ethyl adjacent to an activating group) is 1. The zero-order valence-electron chi connectivity index (χ0n) is 21.9. The first-order valence-electron chi connectivity index (χ1n) is 12.7. The Balaban J connectivity index is 3.85. The molecule has 198 valence electrons. The van der Waals surface area contributed by atoms with Crippen molar-refractivity contribution in [2.75, 3.05) is 52.4 Å². The minimum Gasteiger partial charge on any atom is -0.459 e. The molecular weight excluding hydrogens is 461 g/mol. The van der Waals surface area contributed by atoms with Crippen LogP contribution in [0.1, 0.15) is 90.9 Å². The number of esters is 1. The summed E-state index contributed by atoms with van der Waals surface area (Å²) in [6, 6.07) is 0. The predicted octanol–water partition coefficient (Wildman–Crippen LogP) is 6.19. The Morgan fingerprint density at radius 2 is 1.42 bits per heavy atom. The Morgan fingerprint density at radius 1 is 0.909 bits per heavy atom. The van der Waals surface area contributed by atoms with Gasteiger partial charge in [0.25, 0.3) is 0 Å². The second-order valence-corrected chi connectivity index (χ2v) is 12.4. The van der Waals surface area contributed by atoms with E-state index in [0.29, 0.717) is 16.8 Å². The monoisotopic (exact) mass is 512 g/mol. The summed E-state index contributed by atoms with van der Waals surface area (Å²) in [5, 5.41) is 0. The SMILES string of the molecule is CCCCCCCCCCCCCCSCC(COP(=O)(O)OCC[N+](C)(C)C)OC(C)=O. The molecule has 0 radical (unpaired) electrons. The zero-order chi connectivity index (χ0) is 25.0. The van der Waals surface area contributed by atoms with E-state index >= 15 is 0 Å². The van der Waals surface area contributed by atoms with Crippen LogP contribution in [-0.4, -0.2) is 73.9 Å². The van der Waals surface area contributed by atoms with Crippen LogP contribution in [0.2, 0.25) is 0 Å². The van der Waals surface area contributed by atoms with Crippen molar-refractivity contribution in [1.29, 1.82) is 0 Å². The summed E-state index contributed by atoms with van der Waals surface area (Å²) < 4.78 is 28.0. The summed E-state index contributed by atoms with van der Waals surface area (Å²) in [7, 11) is 1.75. The van der Waals surface area contributed by atoms with Crippen LogP contribution >= 0.6 is 19.6 Å². The van der Waals surface area contributed by atoms with Crippen molar-refractivity contribution in [3.63, 3.8) is 0 Å². The van der Waals surface area contributed by atoms with E-state index in [1.165, 1.54) is 77.6 Å². The van der Waals surface area contributed by atoms with Crippen molar-refractivity contribution >= 4 is 25.6 Å². The Hall–Kier alpha value is -0.110. The summed E-state index contributed by atoms with van der Waals surface area (Å²) in [5.74, 6) is 1.09. The maximum Gasteiger partial charge on any atom is 0.472 e. The fraction of sp³-hybridized carbons (Fsp3) is 0.958. The number of phosphoric acid groups is 1. The third-order valence-electron chi connectivity index (χ3n) is 5.22. The van der Waals surface area contributed by atoms with Gasteiger partial charge in [-0.3, -0.25) is 13.8 Å². The molecule has 9 heteroatoms. The van der Waals surface area contributed by atoms with Crippen LogP contribution in [0.3, 0.4) is 0 Å². The van der Waals surface area contributed by atoms with Crippen molar-refractivity contribution in [1.82, 2.24) is 0 Å². The molecule has 0 bridgehead atoms. The van der Waals surface area contributed by atoms with Crippen LogP contribution < -0.4 is 0 Å². The van der Waals surface area contributed by atoms with Gasteiger partial charge in [0.15, 0.2) is 0 Å². The third kappa shape index (κ3) is 24.8. The number of quaternary nitrogens is 1. The molecular formula is C24H51NO6PS+. The van der Waals surface area contributed by atoms with Crippen LogP contribution in [0, 0.1) is 0 Å². The van der Waals surface area contributed by atoms with Gasteiger partial charge in [0.2, 0.25) is 0 Å². The summed E-state index contributed by atoms with van der Waals surface area (Å²) in [5.41, 5.74) is 0. The quantitative estimate of drug-likeness (QED) is 0.0756. The Bertz CT molecular complexity index is 530. The van der Waals surface area contributed by atoms with Crippen LogP contribution in [0.5, 0.6) is 0 Å². The molecule has 0 spiro atoms. The Labute approximate surface area is 207 Å². The second kappa shape index (κ2) is 20.1. The highest BCUT2D eigenvalue weighted by Gasteiger charge is 2.25. The van der Waals surface area contributed by atoms with Crippen molar-refractivity contribution in [3.8, 4) is 0 Å². The minimum absolute atomic E-state index is 0.114. The molecule has 0 aromatic rings. The van der Waals surface area contributed by atoms with E-state index in [1.54, 1.807) is 11.8 Å². The molecule has 0 saturated heterocycles. The van der Waals surface area contributed by atoms with E-state index in [4.69, 9.17) is 13.8 Å². The number of carbonyl (C=O) groups excluding carboxylic acids is 1. The normalized spacial score (nSPS) is 14.7. The molecule has 1 N–H and O–H groups in total. The lowest BCUT2D eigenvalue weighted by molar-refractivity contribution is -0.870. The highest BCUT2D eigenvalue weighted by atomic mass is 32.2. The lowest BCUT2D eigenvalue weighted by Crippen LogP contribution is -2.37. The number of hydrogen-bond acceptors (Lipinski definition) is 6. The van der Waals surface area contributed by atoms with Crippen LogP contribution in [0.25, 0.3) is 0 Å². The average molecular weight is 513 g/mol. The van der Waals surface area contributed by atoms with Crippen LogP contribution in [0.4, 0.5) is 0 Å². The molecule has 2 atom stereocenters. The van der Waals surface area contributed by atoms with Crippen molar-refractivity contribution < 1.29 is 32.5 Å². The van der Waals surface area contributed by atoms with E-state index < -0.39 is 19.9 Å². The van der Waals surface area contributed by atoms with Gasteiger partial charge in [-0.05, 0) is 12.2 Å².